The van der Waals surface area contributed by atoms with Crippen LogP contribution in [0.3, 0.4) is 0 Å². The SMILES string of the molecule is CCCNC(=O)N[C@@H]1CC[C@H](CCn2cc(C3CCCCC3)nn2)O[C@@H]1CO. The Morgan fingerprint density at radius 3 is 2.86 bits per heavy atom. The number of nitrogens with zero attached hydrogens (tertiary/aromatic N) is 3. The summed E-state index contributed by atoms with van der Waals surface area (Å²) in [6.45, 7) is 3.33. The molecule has 1 aliphatic heterocycles. The number of carbonyl (C=O) groups is 1. The highest BCUT2D eigenvalue weighted by molar-refractivity contribution is 5.74. The summed E-state index contributed by atoms with van der Waals surface area (Å²) in [6.07, 6.45) is 11.6. The average molecular weight is 394 g/mol. The molecule has 2 amide bonds. The lowest BCUT2D eigenvalue weighted by Crippen LogP contribution is -2.53. The first-order chi connectivity index (χ1) is 13.7. The highest BCUT2D eigenvalue weighted by Crippen LogP contribution is 2.31. The van der Waals surface area contributed by atoms with E-state index in [1.54, 1.807) is 0 Å². The van der Waals surface area contributed by atoms with E-state index in [9.17, 15) is 9.90 Å². The standard InChI is InChI=1S/C20H35N5O3/c1-2-11-21-20(27)22-17-9-8-16(28-19(17)14-26)10-12-25-13-18(23-24-25)15-6-4-3-5-7-15/h13,15-17,19,26H,2-12,14H2,1H3,(H2,21,22,27)/t16-,17-,19-/m1/s1. The van der Waals surface area contributed by atoms with E-state index in [2.05, 4.69) is 27.1 Å². The maximum absolute atomic E-state index is 11.9. The van der Waals surface area contributed by atoms with Crippen LogP contribution >= 0.6 is 0 Å². The van der Waals surface area contributed by atoms with Gasteiger partial charge < -0.3 is 20.5 Å². The number of carbonyl (C=O) groups excluding carboxylic acids is 1. The highest BCUT2D eigenvalue weighted by atomic mass is 16.5. The molecule has 2 fully saturated rings. The molecule has 1 saturated heterocycles. The van der Waals surface area contributed by atoms with Gasteiger partial charge in [0.2, 0.25) is 0 Å². The van der Waals surface area contributed by atoms with Crippen LogP contribution in [0.15, 0.2) is 6.20 Å². The number of hydrogen-bond donors (Lipinski definition) is 3. The molecule has 0 aromatic carbocycles. The van der Waals surface area contributed by atoms with Crippen molar-refractivity contribution in [1.29, 1.82) is 0 Å². The molecule has 3 N–H and O–H groups in total. The molecular weight excluding hydrogens is 358 g/mol. The first kappa shape index (κ1) is 21.0. The van der Waals surface area contributed by atoms with Gasteiger partial charge in [-0.05, 0) is 38.5 Å². The number of hydrogen-bond acceptors (Lipinski definition) is 5. The lowest BCUT2D eigenvalue weighted by Gasteiger charge is -2.36. The fraction of sp³-hybridized carbons (Fsp3) is 0.850. The predicted molar refractivity (Wildman–Crippen MR) is 106 cm³/mol. The van der Waals surface area contributed by atoms with E-state index in [0.29, 0.717) is 12.5 Å². The molecule has 0 spiro atoms. The van der Waals surface area contributed by atoms with Crippen LogP contribution in [0.2, 0.25) is 0 Å². The zero-order valence-corrected chi connectivity index (χ0v) is 17.0. The third kappa shape index (κ3) is 5.91. The van der Waals surface area contributed by atoms with Crippen LogP contribution in [-0.4, -0.2) is 57.5 Å². The van der Waals surface area contributed by atoms with Crippen molar-refractivity contribution in [1.82, 2.24) is 25.6 Å². The van der Waals surface area contributed by atoms with Crippen LogP contribution in [0.1, 0.15) is 76.3 Å². The maximum Gasteiger partial charge on any atom is 0.315 e. The Balaban J connectivity index is 1.43. The molecule has 1 aliphatic carbocycles. The number of rotatable bonds is 8. The number of ether oxygens (including phenoxy) is 1. The first-order valence-corrected chi connectivity index (χ1v) is 10.9. The van der Waals surface area contributed by atoms with Crippen molar-refractivity contribution in [3.63, 3.8) is 0 Å². The van der Waals surface area contributed by atoms with Gasteiger partial charge in [0.25, 0.3) is 0 Å². The van der Waals surface area contributed by atoms with Crippen molar-refractivity contribution in [2.75, 3.05) is 13.2 Å². The Morgan fingerprint density at radius 1 is 1.29 bits per heavy atom. The summed E-state index contributed by atoms with van der Waals surface area (Å²) >= 11 is 0. The Hall–Kier alpha value is -1.67. The molecule has 1 aromatic heterocycles. The lowest BCUT2D eigenvalue weighted by atomic mass is 9.87. The normalized spacial score (nSPS) is 26.1. The van der Waals surface area contributed by atoms with Crippen molar-refractivity contribution in [2.24, 2.45) is 0 Å². The minimum Gasteiger partial charge on any atom is -0.394 e. The fourth-order valence-electron chi connectivity index (χ4n) is 4.25. The molecular formula is C20H35N5O3. The predicted octanol–water partition coefficient (Wildman–Crippen LogP) is 2.33. The average Bonchev–Trinajstić information content (AvgIpc) is 3.21. The van der Waals surface area contributed by atoms with Gasteiger partial charge in [-0.2, -0.15) is 0 Å². The van der Waals surface area contributed by atoms with E-state index in [0.717, 1.165) is 37.9 Å². The first-order valence-electron chi connectivity index (χ1n) is 10.9. The minimum atomic E-state index is -0.361. The van der Waals surface area contributed by atoms with Gasteiger partial charge in [0.05, 0.1) is 24.4 Å². The van der Waals surface area contributed by atoms with Gasteiger partial charge in [0.15, 0.2) is 0 Å². The molecule has 28 heavy (non-hydrogen) atoms. The quantitative estimate of drug-likeness (QED) is 0.629. The van der Waals surface area contributed by atoms with E-state index in [4.69, 9.17) is 4.74 Å². The number of aryl methyl sites for hydroxylation is 1. The maximum atomic E-state index is 11.9. The molecule has 2 aliphatic rings. The van der Waals surface area contributed by atoms with Gasteiger partial charge in [-0.3, -0.25) is 4.68 Å². The van der Waals surface area contributed by atoms with Crippen LogP contribution < -0.4 is 10.6 Å². The van der Waals surface area contributed by atoms with Crippen molar-refractivity contribution in [3.05, 3.63) is 11.9 Å². The smallest absolute Gasteiger partial charge is 0.315 e. The van der Waals surface area contributed by atoms with Crippen molar-refractivity contribution in [3.8, 4) is 0 Å². The van der Waals surface area contributed by atoms with E-state index in [1.165, 1.54) is 32.1 Å². The molecule has 0 radical (unpaired) electrons. The largest absolute Gasteiger partial charge is 0.394 e. The van der Waals surface area contributed by atoms with E-state index >= 15 is 0 Å². The molecule has 1 saturated carbocycles. The highest BCUT2D eigenvalue weighted by Gasteiger charge is 2.31. The minimum absolute atomic E-state index is 0.0660. The third-order valence-corrected chi connectivity index (χ3v) is 5.91. The Kier molecular flexibility index (Phi) is 8.09. The number of amides is 2. The van der Waals surface area contributed by atoms with Crippen molar-refractivity contribution >= 4 is 6.03 Å². The van der Waals surface area contributed by atoms with Gasteiger partial charge >= 0.3 is 6.03 Å². The number of nitrogens with one attached hydrogen (secondary N) is 2. The van der Waals surface area contributed by atoms with Gasteiger partial charge in [-0.25, -0.2) is 4.79 Å². The van der Waals surface area contributed by atoms with Gasteiger partial charge in [0.1, 0.15) is 6.10 Å². The molecule has 3 rings (SSSR count). The van der Waals surface area contributed by atoms with Crippen LogP contribution in [0.5, 0.6) is 0 Å². The number of aromatic nitrogens is 3. The molecule has 8 nitrogen and oxygen atoms in total. The second-order valence-corrected chi connectivity index (χ2v) is 8.09. The summed E-state index contributed by atoms with van der Waals surface area (Å²) in [5.74, 6) is 0.567. The second-order valence-electron chi connectivity index (χ2n) is 8.09. The third-order valence-electron chi connectivity index (χ3n) is 5.91. The zero-order chi connectivity index (χ0) is 19.8. The van der Waals surface area contributed by atoms with Gasteiger partial charge in [-0.1, -0.05) is 31.4 Å². The molecule has 3 atom stereocenters. The second kappa shape index (κ2) is 10.8. The molecule has 2 heterocycles. The Bertz CT molecular complexity index is 602. The van der Waals surface area contributed by atoms with Crippen LogP contribution in [-0.2, 0) is 11.3 Å². The van der Waals surface area contributed by atoms with Crippen LogP contribution in [0.25, 0.3) is 0 Å². The van der Waals surface area contributed by atoms with Gasteiger partial charge in [-0.15, -0.1) is 5.10 Å². The van der Waals surface area contributed by atoms with Crippen LogP contribution in [0.4, 0.5) is 4.79 Å². The van der Waals surface area contributed by atoms with Crippen LogP contribution in [0, 0.1) is 0 Å². The lowest BCUT2D eigenvalue weighted by molar-refractivity contribution is -0.0907. The van der Waals surface area contributed by atoms with Crippen molar-refractivity contribution in [2.45, 2.75) is 95.4 Å². The zero-order valence-electron chi connectivity index (χ0n) is 17.0. The summed E-state index contributed by atoms with van der Waals surface area (Å²) in [7, 11) is 0. The summed E-state index contributed by atoms with van der Waals surface area (Å²) in [5.41, 5.74) is 1.12. The Morgan fingerprint density at radius 2 is 2.11 bits per heavy atom. The molecule has 158 valence electrons. The van der Waals surface area contributed by atoms with Gasteiger partial charge in [0, 0.05) is 25.2 Å². The number of aliphatic hydroxyl groups excluding tert-OH is 1. The number of aliphatic hydroxyl groups is 1. The topological polar surface area (TPSA) is 101 Å². The van der Waals surface area contributed by atoms with E-state index in [-0.39, 0.29) is 30.9 Å². The van der Waals surface area contributed by atoms with E-state index in [1.807, 2.05) is 11.6 Å². The summed E-state index contributed by atoms with van der Waals surface area (Å²) in [6, 6.07) is -0.340. The number of urea groups is 1. The molecule has 1 aromatic rings. The summed E-state index contributed by atoms with van der Waals surface area (Å²) in [5, 5.41) is 24.1. The monoisotopic (exact) mass is 393 g/mol. The fourth-order valence-corrected chi connectivity index (χ4v) is 4.25. The summed E-state index contributed by atoms with van der Waals surface area (Å²) in [4.78, 5) is 11.9. The van der Waals surface area contributed by atoms with Crippen molar-refractivity contribution < 1.29 is 14.6 Å². The molecule has 8 heteroatoms. The molecule has 0 bridgehead atoms. The summed E-state index contributed by atoms with van der Waals surface area (Å²) < 4.78 is 7.96. The molecule has 0 unspecified atom stereocenters. The van der Waals surface area contributed by atoms with E-state index < -0.39 is 0 Å². The Labute approximate surface area is 167 Å².